The van der Waals surface area contributed by atoms with Gasteiger partial charge in [0.2, 0.25) is 5.91 Å². The number of ether oxygens (including phenoxy) is 1. The molecule has 1 atom stereocenters. The van der Waals surface area contributed by atoms with Crippen LogP contribution in [0.15, 0.2) is 42.7 Å². The van der Waals surface area contributed by atoms with Gasteiger partial charge in [-0.05, 0) is 25.0 Å². The number of unbranched alkanes of at least 4 members (excludes halogenated alkanes) is 1. The van der Waals surface area contributed by atoms with E-state index in [-0.39, 0.29) is 12.0 Å². The van der Waals surface area contributed by atoms with Crippen molar-refractivity contribution in [2.45, 2.75) is 38.8 Å². The van der Waals surface area contributed by atoms with Gasteiger partial charge in [-0.3, -0.25) is 9.48 Å². The molecule has 2 heterocycles. The number of carbonyl (C=O) groups excluding carboxylic acids is 1. The van der Waals surface area contributed by atoms with Gasteiger partial charge in [-0.1, -0.05) is 31.5 Å². The first-order chi connectivity index (χ1) is 12.2. The van der Waals surface area contributed by atoms with Crippen molar-refractivity contribution in [1.29, 1.82) is 0 Å². The lowest BCUT2D eigenvalue weighted by Crippen LogP contribution is -2.36. The lowest BCUT2D eigenvalue weighted by molar-refractivity contribution is -0.127. The fourth-order valence-corrected chi connectivity index (χ4v) is 3.03. The lowest BCUT2D eigenvalue weighted by Gasteiger charge is -2.23. The van der Waals surface area contributed by atoms with Crippen molar-refractivity contribution >= 4 is 12.0 Å². The number of amides is 1. The number of carbonyl (C=O) groups is 1. The molecule has 5 heteroatoms. The van der Waals surface area contributed by atoms with Gasteiger partial charge in [0.25, 0.3) is 0 Å². The van der Waals surface area contributed by atoms with Gasteiger partial charge in [0.1, 0.15) is 11.9 Å². The van der Waals surface area contributed by atoms with Crippen LogP contribution in [-0.4, -0.2) is 33.2 Å². The molecule has 0 radical (unpaired) electrons. The Kier molecular flexibility index (Phi) is 5.53. The number of fused-ring (bicyclic) bond motifs is 1. The van der Waals surface area contributed by atoms with E-state index >= 15 is 0 Å². The number of nitrogens with zero attached hydrogens (tertiary/aromatic N) is 3. The first-order valence-corrected chi connectivity index (χ1v) is 8.86. The van der Waals surface area contributed by atoms with Crippen LogP contribution in [0.4, 0.5) is 0 Å². The van der Waals surface area contributed by atoms with Crippen molar-refractivity contribution in [1.82, 2.24) is 14.7 Å². The predicted octanol–water partition coefficient (Wildman–Crippen LogP) is 3.41. The zero-order chi connectivity index (χ0) is 17.6. The summed E-state index contributed by atoms with van der Waals surface area (Å²) in [5, 5.41) is 4.12. The molecule has 0 saturated heterocycles. The molecule has 1 amide bonds. The second-order valence-electron chi connectivity index (χ2n) is 6.49. The molecule has 25 heavy (non-hydrogen) atoms. The summed E-state index contributed by atoms with van der Waals surface area (Å²) in [5.41, 5.74) is 1.98. The van der Waals surface area contributed by atoms with Crippen LogP contribution < -0.4 is 4.74 Å². The average Bonchev–Trinajstić information content (AvgIpc) is 2.93. The molecular formula is C20H25N3O2. The molecule has 0 saturated carbocycles. The smallest absolute Gasteiger partial charge is 0.247 e. The van der Waals surface area contributed by atoms with E-state index < -0.39 is 0 Å². The van der Waals surface area contributed by atoms with E-state index in [4.69, 9.17) is 4.74 Å². The van der Waals surface area contributed by atoms with Crippen LogP contribution in [0.1, 0.15) is 37.3 Å². The quantitative estimate of drug-likeness (QED) is 0.784. The van der Waals surface area contributed by atoms with E-state index in [0.29, 0.717) is 13.1 Å². The van der Waals surface area contributed by atoms with Crippen LogP contribution in [0.5, 0.6) is 5.75 Å². The predicted molar refractivity (Wildman–Crippen MR) is 98.0 cm³/mol. The summed E-state index contributed by atoms with van der Waals surface area (Å²) < 4.78 is 7.90. The summed E-state index contributed by atoms with van der Waals surface area (Å²) in [5.74, 6) is 0.904. The molecule has 1 aromatic heterocycles. The molecule has 0 fully saturated rings. The molecule has 132 valence electrons. The van der Waals surface area contributed by atoms with Gasteiger partial charge in [0.15, 0.2) is 0 Å². The average molecular weight is 339 g/mol. The molecule has 1 aromatic carbocycles. The topological polar surface area (TPSA) is 47.4 Å². The minimum absolute atomic E-state index is 0.00524. The van der Waals surface area contributed by atoms with Gasteiger partial charge in [-0.15, -0.1) is 0 Å². The Morgan fingerprint density at radius 1 is 1.40 bits per heavy atom. The maximum absolute atomic E-state index is 12.7. The molecule has 1 unspecified atom stereocenters. The van der Waals surface area contributed by atoms with Crippen LogP contribution in [0, 0.1) is 0 Å². The number of rotatable bonds is 5. The maximum atomic E-state index is 12.7. The van der Waals surface area contributed by atoms with Crippen molar-refractivity contribution in [3.05, 3.63) is 53.9 Å². The van der Waals surface area contributed by atoms with Crippen LogP contribution >= 0.6 is 0 Å². The van der Waals surface area contributed by atoms with E-state index in [1.165, 1.54) is 0 Å². The third-order valence-electron chi connectivity index (χ3n) is 4.39. The van der Waals surface area contributed by atoms with E-state index in [9.17, 15) is 4.79 Å². The SMILES string of the molecule is CCCCC1CN(C(=O)/C=C/c2cnn(C)c2)Cc2ccccc2O1. The van der Waals surface area contributed by atoms with Gasteiger partial charge in [0.05, 0.1) is 12.7 Å². The first kappa shape index (κ1) is 17.3. The summed E-state index contributed by atoms with van der Waals surface area (Å²) in [6.45, 7) is 3.37. The van der Waals surface area contributed by atoms with Crippen LogP contribution in [0.25, 0.3) is 6.08 Å². The maximum Gasteiger partial charge on any atom is 0.247 e. The first-order valence-electron chi connectivity index (χ1n) is 8.86. The summed E-state index contributed by atoms with van der Waals surface area (Å²) in [4.78, 5) is 14.6. The van der Waals surface area contributed by atoms with Crippen LogP contribution in [0.2, 0.25) is 0 Å². The van der Waals surface area contributed by atoms with Crippen molar-refractivity contribution < 1.29 is 9.53 Å². The Hall–Kier alpha value is -2.56. The number of aryl methyl sites for hydroxylation is 1. The Morgan fingerprint density at radius 2 is 2.24 bits per heavy atom. The highest BCUT2D eigenvalue weighted by Gasteiger charge is 2.24. The van der Waals surface area contributed by atoms with E-state index in [1.54, 1.807) is 17.0 Å². The molecule has 1 aliphatic heterocycles. The standard InChI is InChI=1S/C20H25N3O2/c1-3-4-8-18-15-23(14-17-7-5-6-9-19(17)25-18)20(24)11-10-16-12-21-22(2)13-16/h5-7,9-13,18H,3-4,8,14-15H2,1-2H3/b11-10+. The molecule has 0 aliphatic carbocycles. The molecule has 0 bridgehead atoms. The minimum atomic E-state index is 0.00524. The van der Waals surface area contributed by atoms with E-state index in [1.807, 2.05) is 48.5 Å². The monoisotopic (exact) mass is 339 g/mol. The minimum Gasteiger partial charge on any atom is -0.488 e. The van der Waals surface area contributed by atoms with Crippen molar-refractivity contribution in [2.75, 3.05) is 6.54 Å². The number of hydrogen-bond acceptors (Lipinski definition) is 3. The highest BCUT2D eigenvalue weighted by atomic mass is 16.5. The van der Waals surface area contributed by atoms with E-state index in [0.717, 1.165) is 36.1 Å². The van der Waals surface area contributed by atoms with Gasteiger partial charge >= 0.3 is 0 Å². The highest BCUT2D eigenvalue weighted by Crippen LogP contribution is 2.26. The second kappa shape index (κ2) is 8.01. The lowest BCUT2D eigenvalue weighted by atomic mass is 10.1. The molecule has 3 rings (SSSR count). The summed E-state index contributed by atoms with van der Waals surface area (Å²) in [6, 6.07) is 7.99. The molecule has 2 aromatic rings. The normalized spacial score (nSPS) is 17.2. The van der Waals surface area contributed by atoms with Crippen LogP contribution in [0.3, 0.4) is 0 Å². The van der Waals surface area contributed by atoms with Crippen molar-refractivity contribution in [3.63, 3.8) is 0 Å². The molecule has 5 nitrogen and oxygen atoms in total. The van der Waals surface area contributed by atoms with E-state index in [2.05, 4.69) is 12.0 Å². The Morgan fingerprint density at radius 3 is 3.00 bits per heavy atom. The fraction of sp³-hybridized carbons (Fsp3) is 0.400. The number of para-hydroxylation sites is 1. The fourth-order valence-electron chi connectivity index (χ4n) is 3.03. The summed E-state index contributed by atoms with van der Waals surface area (Å²) >= 11 is 0. The number of benzene rings is 1. The number of aromatic nitrogens is 2. The zero-order valence-corrected chi connectivity index (χ0v) is 14.9. The Labute approximate surface area is 148 Å². The molecule has 1 aliphatic rings. The Bertz CT molecular complexity index is 751. The van der Waals surface area contributed by atoms with Gasteiger partial charge in [-0.2, -0.15) is 5.10 Å². The van der Waals surface area contributed by atoms with Gasteiger partial charge in [-0.25, -0.2) is 0 Å². The van der Waals surface area contributed by atoms with Crippen molar-refractivity contribution in [3.8, 4) is 5.75 Å². The zero-order valence-electron chi connectivity index (χ0n) is 14.9. The molecule has 0 N–H and O–H groups in total. The summed E-state index contributed by atoms with van der Waals surface area (Å²) in [6.07, 6.45) is 10.3. The third kappa shape index (κ3) is 4.50. The highest BCUT2D eigenvalue weighted by molar-refractivity contribution is 5.91. The van der Waals surface area contributed by atoms with Gasteiger partial charge in [0, 0.05) is 37.0 Å². The van der Waals surface area contributed by atoms with Crippen LogP contribution in [-0.2, 0) is 18.4 Å². The second-order valence-corrected chi connectivity index (χ2v) is 6.49. The molecule has 0 spiro atoms. The van der Waals surface area contributed by atoms with Gasteiger partial charge < -0.3 is 9.64 Å². The Balaban J connectivity index is 1.76. The number of hydrogen-bond donors (Lipinski definition) is 0. The summed E-state index contributed by atoms with van der Waals surface area (Å²) in [7, 11) is 1.86. The third-order valence-corrected chi connectivity index (χ3v) is 4.39. The van der Waals surface area contributed by atoms with Crippen molar-refractivity contribution in [2.24, 2.45) is 7.05 Å². The molecular weight excluding hydrogens is 314 g/mol. The largest absolute Gasteiger partial charge is 0.488 e.